The van der Waals surface area contributed by atoms with Crippen LogP contribution in [0.2, 0.25) is 0 Å². The van der Waals surface area contributed by atoms with Crippen LogP contribution < -0.4 is 14.4 Å². The number of carbonyl (C=O) groups excluding carboxylic acids is 1. The maximum atomic E-state index is 14.1. The van der Waals surface area contributed by atoms with Crippen LogP contribution in [0.4, 0.5) is 10.1 Å². The van der Waals surface area contributed by atoms with Crippen molar-refractivity contribution >= 4 is 34.6 Å². The zero-order valence-corrected chi connectivity index (χ0v) is 16.2. The minimum Gasteiger partial charge on any atom is -0.493 e. The van der Waals surface area contributed by atoms with E-state index in [2.05, 4.69) is 4.99 Å². The quantitative estimate of drug-likeness (QED) is 0.736. The summed E-state index contributed by atoms with van der Waals surface area (Å²) in [6.07, 6.45) is 1.71. The number of amides is 1. The first-order valence-electron chi connectivity index (χ1n) is 8.57. The Balaban J connectivity index is 1.57. The van der Waals surface area contributed by atoms with Gasteiger partial charge >= 0.3 is 0 Å². The van der Waals surface area contributed by atoms with E-state index in [9.17, 15) is 9.18 Å². The number of carbonyl (C=O) groups is 1. The summed E-state index contributed by atoms with van der Waals surface area (Å²) in [5, 5.41) is 0.629. The Bertz CT molecular complexity index is 992. The second-order valence-electron chi connectivity index (χ2n) is 6.18. The third-order valence-corrected chi connectivity index (χ3v) is 5.49. The van der Waals surface area contributed by atoms with Crippen LogP contribution in [-0.4, -0.2) is 42.7 Å². The van der Waals surface area contributed by atoms with Crippen LogP contribution in [0, 0.1) is 5.82 Å². The molecule has 2 aliphatic rings. The number of amidine groups is 1. The lowest BCUT2D eigenvalue weighted by Crippen LogP contribution is -2.46. The maximum absolute atomic E-state index is 14.1. The fraction of sp³-hybridized carbons (Fsp3) is 0.200. The van der Waals surface area contributed by atoms with Gasteiger partial charge < -0.3 is 14.4 Å². The van der Waals surface area contributed by atoms with E-state index in [0.29, 0.717) is 33.9 Å². The van der Waals surface area contributed by atoms with E-state index in [-0.39, 0.29) is 18.4 Å². The van der Waals surface area contributed by atoms with Crippen molar-refractivity contribution in [1.82, 2.24) is 4.90 Å². The number of hydrogen-bond acceptors (Lipinski definition) is 6. The second-order valence-corrected chi connectivity index (χ2v) is 7.09. The van der Waals surface area contributed by atoms with Crippen LogP contribution in [0.5, 0.6) is 11.5 Å². The standard InChI is InChI=1S/C20H18FN3O3S/c1-26-17-8-7-13(10-18(17)27-2)9-15-19(25)24-11-23(12-28-20(24)22-15)16-6-4-3-5-14(16)21/h3-10H,11-12H2,1-2H3. The SMILES string of the molecule is COc1ccc(C=C2N=C3SCN(c4ccccc4F)CN3C2=O)cc1OC. The van der Waals surface area contributed by atoms with Gasteiger partial charge in [-0.05, 0) is 35.9 Å². The van der Waals surface area contributed by atoms with Crippen molar-refractivity contribution in [2.45, 2.75) is 0 Å². The third-order valence-electron chi connectivity index (χ3n) is 4.48. The lowest BCUT2D eigenvalue weighted by Gasteiger charge is -2.34. The van der Waals surface area contributed by atoms with Gasteiger partial charge in [0.15, 0.2) is 16.7 Å². The molecule has 2 aliphatic heterocycles. The molecular formula is C20H18FN3O3S. The number of para-hydroxylation sites is 1. The van der Waals surface area contributed by atoms with Crippen LogP contribution in [-0.2, 0) is 4.79 Å². The number of hydrogen-bond donors (Lipinski definition) is 0. The fourth-order valence-electron chi connectivity index (χ4n) is 3.07. The lowest BCUT2D eigenvalue weighted by atomic mass is 10.1. The van der Waals surface area contributed by atoms with Gasteiger partial charge in [0.05, 0.1) is 25.8 Å². The summed E-state index contributed by atoms with van der Waals surface area (Å²) in [6, 6.07) is 11.9. The number of methoxy groups -OCH3 is 2. The van der Waals surface area contributed by atoms with Gasteiger partial charge in [-0.1, -0.05) is 30.0 Å². The summed E-state index contributed by atoms with van der Waals surface area (Å²) >= 11 is 1.41. The molecule has 2 aromatic carbocycles. The molecule has 1 saturated heterocycles. The first kappa shape index (κ1) is 18.4. The molecule has 0 unspecified atom stereocenters. The summed E-state index contributed by atoms with van der Waals surface area (Å²) in [6.45, 7) is 0.259. The molecule has 0 saturated carbocycles. The first-order chi connectivity index (χ1) is 13.6. The number of benzene rings is 2. The molecule has 0 radical (unpaired) electrons. The highest BCUT2D eigenvalue weighted by atomic mass is 32.2. The maximum Gasteiger partial charge on any atom is 0.280 e. The molecule has 2 aromatic rings. The summed E-state index contributed by atoms with van der Waals surface area (Å²) < 4.78 is 24.6. The van der Waals surface area contributed by atoms with Crippen LogP contribution in [0.1, 0.15) is 5.56 Å². The van der Waals surface area contributed by atoms with Crippen LogP contribution in [0.15, 0.2) is 53.2 Å². The monoisotopic (exact) mass is 399 g/mol. The molecular weight excluding hydrogens is 381 g/mol. The van der Waals surface area contributed by atoms with Gasteiger partial charge in [-0.2, -0.15) is 0 Å². The van der Waals surface area contributed by atoms with Gasteiger partial charge in [-0.15, -0.1) is 0 Å². The summed E-state index contributed by atoms with van der Waals surface area (Å²) in [4.78, 5) is 20.7. The number of halogens is 1. The van der Waals surface area contributed by atoms with Crippen molar-refractivity contribution in [3.63, 3.8) is 0 Å². The number of ether oxygens (including phenoxy) is 2. The van der Waals surface area contributed by atoms with Crippen molar-refractivity contribution < 1.29 is 18.7 Å². The molecule has 1 amide bonds. The highest BCUT2D eigenvalue weighted by Crippen LogP contribution is 2.33. The first-order valence-corrected chi connectivity index (χ1v) is 9.56. The van der Waals surface area contributed by atoms with Gasteiger partial charge in [0.25, 0.3) is 5.91 Å². The Kier molecular flexibility index (Phi) is 4.95. The number of rotatable bonds is 4. The number of fused-ring (bicyclic) bond motifs is 1. The average Bonchev–Trinajstić information content (AvgIpc) is 3.03. The average molecular weight is 399 g/mol. The van der Waals surface area contributed by atoms with E-state index in [0.717, 1.165) is 5.56 Å². The Morgan fingerprint density at radius 3 is 2.68 bits per heavy atom. The highest BCUT2D eigenvalue weighted by molar-refractivity contribution is 8.14. The van der Waals surface area contributed by atoms with Crippen LogP contribution in [0.25, 0.3) is 6.08 Å². The predicted octanol–water partition coefficient (Wildman–Crippen LogP) is 3.55. The van der Waals surface area contributed by atoms with E-state index in [1.54, 1.807) is 55.5 Å². The molecule has 8 heteroatoms. The number of nitrogens with zero attached hydrogens (tertiary/aromatic N) is 3. The van der Waals surface area contributed by atoms with Gasteiger partial charge in [0.2, 0.25) is 0 Å². The third kappa shape index (κ3) is 3.31. The molecule has 28 heavy (non-hydrogen) atoms. The Hall–Kier alpha value is -3.00. The van der Waals surface area contributed by atoms with Gasteiger partial charge in [-0.3, -0.25) is 9.69 Å². The van der Waals surface area contributed by atoms with Crippen molar-refractivity contribution in [3.8, 4) is 11.5 Å². The number of thioether (sulfide) groups is 1. The Labute approximate surface area is 166 Å². The Morgan fingerprint density at radius 2 is 1.93 bits per heavy atom. The van der Waals surface area contributed by atoms with E-state index in [1.165, 1.54) is 17.8 Å². The summed E-state index contributed by atoms with van der Waals surface area (Å²) in [5.41, 5.74) is 1.59. The highest BCUT2D eigenvalue weighted by Gasteiger charge is 2.36. The summed E-state index contributed by atoms with van der Waals surface area (Å²) in [7, 11) is 3.13. The van der Waals surface area contributed by atoms with Gasteiger partial charge in [-0.25, -0.2) is 9.38 Å². The van der Waals surface area contributed by atoms with Crippen molar-refractivity contribution in [2.75, 3.05) is 31.7 Å². The molecule has 0 N–H and O–H groups in total. The van der Waals surface area contributed by atoms with Crippen molar-refractivity contribution in [3.05, 3.63) is 59.5 Å². The molecule has 0 atom stereocenters. The zero-order chi connectivity index (χ0) is 19.7. The van der Waals surface area contributed by atoms with Crippen molar-refractivity contribution in [1.29, 1.82) is 0 Å². The minimum atomic E-state index is -0.309. The van der Waals surface area contributed by atoms with Crippen LogP contribution in [0.3, 0.4) is 0 Å². The molecule has 1 fully saturated rings. The van der Waals surface area contributed by atoms with Crippen molar-refractivity contribution in [2.24, 2.45) is 4.99 Å². The molecule has 0 aliphatic carbocycles. The fourth-order valence-corrected chi connectivity index (χ4v) is 4.02. The predicted molar refractivity (Wildman–Crippen MR) is 108 cm³/mol. The van der Waals surface area contributed by atoms with E-state index in [4.69, 9.17) is 9.47 Å². The molecule has 0 bridgehead atoms. The molecule has 144 valence electrons. The topological polar surface area (TPSA) is 54.4 Å². The van der Waals surface area contributed by atoms with Crippen LogP contribution >= 0.6 is 11.8 Å². The summed E-state index contributed by atoms with van der Waals surface area (Å²) in [5.74, 6) is 1.19. The minimum absolute atomic E-state index is 0.210. The number of anilines is 1. The smallest absolute Gasteiger partial charge is 0.280 e. The lowest BCUT2D eigenvalue weighted by molar-refractivity contribution is -0.122. The molecule has 6 nitrogen and oxygen atoms in total. The van der Waals surface area contributed by atoms with Gasteiger partial charge in [0.1, 0.15) is 18.2 Å². The van der Waals surface area contributed by atoms with Gasteiger partial charge in [0, 0.05) is 0 Å². The molecule has 2 heterocycles. The van der Waals surface area contributed by atoms with E-state index < -0.39 is 0 Å². The zero-order valence-electron chi connectivity index (χ0n) is 15.4. The normalized spacial score (nSPS) is 17.6. The molecule has 0 spiro atoms. The number of aliphatic imine (C=N–C) groups is 1. The molecule has 4 rings (SSSR count). The molecule has 0 aromatic heterocycles. The Morgan fingerprint density at radius 1 is 1.14 bits per heavy atom. The van der Waals surface area contributed by atoms with E-state index >= 15 is 0 Å². The largest absolute Gasteiger partial charge is 0.493 e. The van der Waals surface area contributed by atoms with E-state index in [1.807, 2.05) is 11.0 Å². The second kappa shape index (κ2) is 7.55.